The minimum atomic E-state index is -1.31. The molecule has 144 valence electrons. The third-order valence-electron chi connectivity index (χ3n) is 6.14. The molecular weight excluding hydrogens is 353 g/mol. The van der Waals surface area contributed by atoms with Crippen molar-refractivity contribution in [3.63, 3.8) is 0 Å². The number of methoxy groups -OCH3 is 1. The van der Waals surface area contributed by atoms with Crippen LogP contribution in [0.4, 0.5) is 10.1 Å². The van der Waals surface area contributed by atoms with Crippen molar-refractivity contribution in [1.29, 1.82) is 0 Å². The van der Waals surface area contributed by atoms with Gasteiger partial charge in [0.05, 0.1) is 18.8 Å². The van der Waals surface area contributed by atoms with Gasteiger partial charge in [-0.15, -0.1) is 0 Å². The molecule has 4 atom stereocenters. The predicted octanol–water partition coefficient (Wildman–Crippen LogP) is -0.178. The number of nitrogens with zero attached hydrogens (tertiary/aromatic N) is 1. The standard InChI is InChI=1S/C19H22FN3O4/c1-9(2)15-13-14(17(25)23(16(13)24)6-7-27-3)19(22-15)11-8-10(20)4-5-12(11)21-18(19)26/h4-5,8-9,13-15,22H,6-7H2,1-3H3,(H,21,26)/p+1/t13-,14-,15-,19+/m0/s1. The molecule has 0 aromatic heterocycles. The Labute approximate surface area is 156 Å². The molecule has 3 aliphatic heterocycles. The summed E-state index contributed by atoms with van der Waals surface area (Å²) in [5.41, 5.74) is -0.372. The number of benzene rings is 1. The van der Waals surface area contributed by atoms with Gasteiger partial charge in [-0.3, -0.25) is 19.3 Å². The summed E-state index contributed by atoms with van der Waals surface area (Å²) in [7, 11) is 1.50. The molecule has 27 heavy (non-hydrogen) atoms. The first-order chi connectivity index (χ1) is 12.8. The first kappa shape index (κ1) is 18.1. The number of ether oxygens (including phenoxy) is 1. The highest BCUT2D eigenvalue weighted by Crippen LogP contribution is 2.49. The number of anilines is 1. The van der Waals surface area contributed by atoms with E-state index in [-0.39, 0.29) is 42.8 Å². The lowest BCUT2D eigenvalue weighted by Gasteiger charge is -2.27. The number of nitrogens with two attached hydrogens (primary N) is 1. The van der Waals surface area contributed by atoms with Gasteiger partial charge in [0.1, 0.15) is 23.7 Å². The Kier molecular flexibility index (Phi) is 4.08. The number of carbonyl (C=O) groups excluding carboxylic acids is 3. The molecule has 4 rings (SSSR count). The smallest absolute Gasteiger partial charge is 0.291 e. The molecular formula is C19H23FN3O4+. The van der Waals surface area contributed by atoms with Crippen molar-refractivity contribution in [2.24, 2.45) is 17.8 Å². The minimum absolute atomic E-state index is 0.0569. The maximum absolute atomic E-state index is 14.0. The summed E-state index contributed by atoms with van der Waals surface area (Å²) in [5.74, 6) is -2.90. The van der Waals surface area contributed by atoms with Crippen molar-refractivity contribution >= 4 is 23.4 Å². The predicted molar refractivity (Wildman–Crippen MR) is 92.8 cm³/mol. The number of imide groups is 1. The fourth-order valence-electron chi connectivity index (χ4n) is 4.93. The van der Waals surface area contributed by atoms with E-state index in [4.69, 9.17) is 4.74 Å². The van der Waals surface area contributed by atoms with Crippen LogP contribution in [0.3, 0.4) is 0 Å². The molecule has 0 aliphatic carbocycles. The van der Waals surface area contributed by atoms with Crippen LogP contribution in [0.5, 0.6) is 0 Å². The third-order valence-corrected chi connectivity index (χ3v) is 6.14. The maximum Gasteiger partial charge on any atom is 0.291 e. The van der Waals surface area contributed by atoms with Crippen LogP contribution in [-0.4, -0.2) is 48.9 Å². The molecule has 2 saturated heterocycles. The molecule has 7 nitrogen and oxygen atoms in total. The van der Waals surface area contributed by atoms with Crippen LogP contribution in [0.1, 0.15) is 19.4 Å². The zero-order chi connectivity index (χ0) is 19.5. The van der Waals surface area contributed by atoms with Gasteiger partial charge < -0.3 is 15.4 Å². The summed E-state index contributed by atoms with van der Waals surface area (Å²) in [6.45, 7) is 4.31. The number of nitrogens with one attached hydrogen (secondary N) is 1. The molecule has 0 saturated carbocycles. The molecule has 3 N–H and O–H groups in total. The fourth-order valence-corrected chi connectivity index (χ4v) is 4.93. The number of fused-ring (bicyclic) bond motifs is 4. The second-order valence-corrected chi connectivity index (χ2v) is 7.83. The van der Waals surface area contributed by atoms with Gasteiger partial charge in [-0.1, -0.05) is 13.8 Å². The van der Waals surface area contributed by atoms with Crippen LogP contribution in [0.25, 0.3) is 0 Å². The number of carbonyl (C=O) groups is 3. The third kappa shape index (κ3) is 2.29. The molecule has 0 unspecified atom stereocenters. The highest BCUT2D eigenvalue weighted by atomic mass is 19.1. The van der Waals surface area contributed by atoms with Crippen LogP contribution in [-0.2, 0) is 24.7 Å². The first-order valence-electron chi connectivity index (χ1n) is 9.14. The van der Waals surface area contributed by atoms with Gasteiger partial charge >= 0.3 is 0 Å². The zero-order valence-electron chi connectivity index (χ0n) is 15.5. The number of hydrogen-bond donors (Lipinski definition) is 2. The Morgan fingerprint density at radius 2 is 2.04 bits per heavy atom. The Balaban J connectivity index is 1.86. The van der Waals surface area contributed by atoms with E-state index < -0.39 is 23.2 Å². The van der Waals surface area contributed by atoms with Crippen LogP contribution < -0.4 is 10.6 Å². The van der Waals surface area contributed by atoms with E-state index in [0.29, 0.717) is 11.3 Å². The van der Waals surface area contributed by atoms with Crippen molar-refractivity contribution in [2.75, 3.05) is 25.6 Å². The van der Waals surface area contributed by atoms with E-state index in [0.717, 1.165) is 0 Å². The number of amides is 3. The Hall–Kier alpha value is -2.32. The summed E-state index contributed by atoms with van der Waals surface area (Å²) in [4.78, 5) is 40.6. The van der Waals surface area contributed by atoms with Crippen LogP contribution >= 0.6 is 0 Å². The van der Waals surface area contributed by atoms with E-state index in [9.17, 15) is 18.8 Å². The molecule has 1 spiro atoms. The van der Waals surface area contributed by atoms with Crippen molar-refractivity contribution in [1.82, 2.24) is 4.90 Å². The van der Waals surface area contributed by atoms with E-state index in [2.05, 4.69) is 5.32 Å². The van der Waals surface area contributed by atoms with E-state index in [1.54, 1.807) is 0 Å². The lowest BCUT2D eigenvalue weighted by atomic mass is 9.76. The van der Waals surface area contributed by atoms with E-state index in [1.165, 1.54) is 30.2 Å². The van der Waals surface area contributed by atoms with Gasteiger partial charge in [0.15, 0.2) is 0 Å². The van der Waals surface area contributed by atoms with Gasteiger partial charge in [-0.2, -0.15) is 0 Å². The van der Waals surface area contributed by atoms with Crippen LogP contribution in [0.2, 0.25) is 0 Å². The summed E-state index contributed by atoms with van der Waals surface area (Å²) in [5, 5.41) is 4.60. The second kappa shape index (κ2) is 6.10. The number of quaternary nitrogens is 1. The number of halogens is 1. The molecule has 1 aromatic rings. The normalized spacial score (nSPS) is 31.8. The monoisotopic (exact) mass is 376 g/mol. The van der Waals surface area contributed by atoms with Gasteiger partial charge in [-0.05, 0) is 18.2 Å². The average molecular weight is 376 g/mol. The summed E-state index contributed by atoms with van der Waals surface area (Å²) in [6.07, 6.45) is 0. The Bertz CT molecular complexity index is 842. The number of hydrogen-bond acceptors (Lipinski definition) is 4. The average Bonchev–Trinajstić information content (AvgIpc) is 3.20. The highest BCUT2D eigenvalue weighted by molar-refractivity contribution is 6.13. The highest BCUT2D eigenvalue weighted by Gasteiger charge is 2.74. The molecule has 3 aliphatic rings. The topological polar surface area (TPSA) is 92.3 Å². The van der Waals surface area contributed by atoms with E-state index in [1.807, 2.05) is 19.2 Å². The molecule has 1 aromatic carbocycles. The molecule has 0 bridgehead atoms. The van der Waals surface area contributed by atoms with Gasteiger partial charge in [-0.25, -0.2) is 4.39 Å². The summed E-state index contributed by atoms with van der Waals surface area (Å²) in [6, 6.07) is 3.84. The van der Waals surface area contributed by atoms with Crippen molar-refractivity contribution < 1.29 is 28.8 Å². The second-order valence-electron chi connectivity index (χ2n) is 7.83. The quantitative estimate of drug-likeness (QED) is 0.714. The summed E-state index contributed by atoms with van der Waals surface area (Å²) >= 11 is 0. The largest absolute Gasteiger partial charge is 0.383 e. The first-order valence-corrected chi connectivity index (χ1v) is 9.14. The molecule has 3 heterocycles. The van der Waals surface area contributed by atoms with Crippen LogP contribution in [0.15, 0.2) is 18.2 Å². The minimum Gasteiger partial charge on any atom is -0.383 e. The molecule has 3 amide bonds. The SMILES string of the molecule is COCCN1C(=O)[C@H]2[C@@H](C1=O)[C@@]1([NH2+][C@H]2C(C)C)C(=O)Nc2ccc(F)cc21. The Morgan fingerprint density at radius 1 is 1.30 bits per heavy atom. The van der Waals surface area contributed by atoms with Crippen LogP contribution in [0, 0.1) is 23.6 Å². The number of likely N-dealkylation sites (tertiary alicyclic amines) is 1. The van der Waals surface area contributed by atoms with Crippen molar-refractivity contribution in [3.05, 3.63) is 29.6 Å². The molecule has 8 heteroatoms. The maximum atomic E-state index is 14.0. The molecule has 0 radical (unpaired) electrons. The van der Waals surface area contributed by atoms with Gasteiger partial charge in [0, 0.05) is 18.6 Å². The Morgan fingerprint density at radius 3 is 2.70 bits per heavy atom. The fraction of sp³-hybridized carbons (Fsp3) is 0.526. The zero-order valence-corrected chi connectivity index (χ0v) is 15.5. The van der Waals surface area contributed by atoms with Gasteiger partial charge in [0.25, 0.3) is 5.91 Å². The van der Waals surface area contributed by atoms with Crippen molar-refractivity contribution in [2.45, 2.75) is 25.4 Å². The van der Waals surface area contributed by atoms with Crippen molar-refractivity contribution in [3.8, 4) is 0 Å². The summed E-state index contributed by atoms with van der Waals surface area (Å²) < 4.78 is 19.0. The lowest BCUT2D eigenvalue weighted by molar-refractivity contribution is -0.738. The molecule has 2 fully saturated rings. The van der Waals surface area contributed by atoms with E-state index >= 15 is 0 Å². The van der Waals surface area contributed by atoms with Gasteiger partial charge in [0.2, 0.25) is 17.4 Å². The lowest BCUT2D eigenvalue weighted by Crippen LogP contribution is -2.99. The number of rotatable bonds is 4.